The van der Waals surface area contributed by atoms with Crippen LogP contribution in [-0.4, -0.2) is 3.26 Å². The molecule has 1 aliphatic carbocycles. The number of rotatable bonds is 2. The molecule has 0 nitrogen and oxygen atoms in total. The SMILES string of the molecule is [Hf+2]=[C](c1ccccc1)C1CCCC1. The Morgan fingerprint density at radius 2 is 1.69 bits per heavy atom. The summed E-state index contributed by atoms with van der Waals surface area (Å²) in [5.41, 5.74) is 1.50. The van der Waals surface area contributed by atoms with Crippen LogP contribution in [0.3, 0.4) is 0 Å². The van der Waals surface area contributed by atoms with Gasteiger partial charge in [-0.15, -0.1) is 0 Å². The van der Waals surface area contributed by atoms with Crippen LogP contribution in [0.15, 0.2) is 30.3 Å². The van der Waals surface area contributed by atoms with Gasteiger partial charge in [0, 0.05) is 0 Å². The molecule has 1 heteroatoms. The zero-order valence-corrected chi connectivity index (χ0v) is 11.4. The van der Waals surface area contributed by atoms with Gasteiger partial charge in [0.2, 0.25) is 0 Å². The van der Waals surface area contributed by atoms with Crippen molar-refractivity contribution in [1.29, 1.82) is 0 Å². The van der Waals surface area contributed by atoms with Crippen LogP contribution >= 0.6 is 0 Å². The van der Waals surface area contributed by atoms with Crippen LogP contribution in [0.5, 0.6) is 0 Å². The van der Waals surface area contributed by atoms with Gasteiger partial charge in [-0.1, -0.05) is 0 Å². The topological polar surface area (TPSA) is 0 Å². The van der Waals surface area contributed by atoms with E-state index in [1.165, 1.54) is 55.1 Å². The molecule has 0 atom stereocenters. The van der Waals surface area contributed by atoms with E-state index in [1.54, 1.807) is 3.26 Å². The van der Waals surface area contributed by atoms with E-state index in [4.69, 9.17) is 0 Å². The van der Waals surface area contributed by atoms with Crippen molar-refractivity contribution in [1.82, 2.24) is 0 Å². The summed E-state index contributed by atoms with van der Waals surface area (Å²) in [5.74, 6) is 0.925. The molecule has 0 unspecified atom stereocenters. The first-order chi connectivity index (χ1) is 6.38. The van der Waals surface area contributed by atoms with Crippen LogP contribution in [0.25, 0.3) is 0 Å². The van der Waals surface area contributed by atoms with Crippen molar-refractivity contribution < 1.29 is 23.9 Å². The second-order valence-corrected chi connectivity index (χ2v) is 5.70. The van der Waals surface area contributed by atoms with Crippen molar-refractivity contribution in [2.75, 3.05) is 0 Å². The molecule has 0 aromatic heterocycles. The van der Waals surface area contributed by atoms with Gasteiger partial charge in [-0.2, -0.15) is 0 Å². The van der Waals surface area contributed by atoms with Crippen LogP contribution < -0.4 is 0 Å². The van der Waals surface area contributed by atoms with Gasteiger partial charge in [0.05, 0.1) is 0 Å². The van der Waals surface area contributed by atoms with Crippen LogP contribution in [0.4, 0.5) is 0 Å². The van der Waals surface area contributed by atoms with Gasteiger partial charge >= 0.3 is 94.6 Å². The quantitative estimate of drug-likeness (QED) is 0.729. The summed E-state index contributed by atoms with van der Waals surface area (Å²) in [7, 11) is 0. The molecule has 0 bridgehead atoms. The fourth-order valence-electron chi connectivity index (χ4n) is 2.07. The minimum absolute atomic E-state index is 0.925. The Morgan fingerprint density at radius 3 is 2.31 bits per heavy atom. The molecule has 1 aliphatic rings. The van der Waals surface area contributed by atoms with E-state index < -0.39 is 0 Å². The molecule has 0 saturated heterocycles. The van der Waals surface area contributed by atoms with E-state index >= 15 is 0 Å². The Hall–Kier alpha value is -0.0399. The zero-order valence-electron chi connectivity index (χ0n) is 7.79. The maximum absolute atomic E-state index is 2.26. The minimum atomic E-state index is 0.925. The predicted molar refractivity (Wildman–Crippen MR) is 52.5 cm³/mol. The van der Waals surface area contributed by atoms with Gasteiger partial charge < -0.3 is 0 Å². The van der Waals surface area contributed by atoms with Crippen molar-refractivity contribution in [3.63, 3.8) is 0 Å². The van der Waals surface area contributed by atoms with Crippen LogP contribution in [0.2, 0.25) is 0 Å². The average molecular weight is 337 g/mol. The van der Waals surface area contributed by atoms with E-state index in [2.05, 4.69) is 30.3 Å². The Balaban J connectivity index is 2.13. The Kier molecular flexibility index (Phi) is 3.26. The van der Waals surface area contributed by atoms with Gasteiger partial charge in [0.15, 0.2) is 0 Å². The molecule has 0 N–H and O–H groups in total. The van der Waals surface area contributed by atoms with Crippen LogP contribution in [0.1, 0.15) is 31.2 Å². The summed E-state index contributed by atoms with van der Waals surface area (Å²) in [4.78, 5) is 0. The van der Waals surface area contributed by atoms with E-state index in [0.717, 1.165) is 5.92 Å². The normalized spacial score (nSPS) is 17.7. The third-order valence-corrected chi connectivity index (χ3v) is 5.35. The molecule has 0 heterocycles. The van der Waals surface area contributed by atoms with Gasteiger partial charge in [0.25, 0.3) is 0 Å². The fraction of sp³-hybridized carbons (Fsp3) is 0.417. The van der Waals surface area contributed by atoms with Crippen LogP contribution in [-0.2, 0) is 23.9 Å². The molecule has 2 rings (SSSR count). The molecule has 64 valence electrons. The zero-order chi connectivity index (χ0) is 9.10. The van der Waals surface area contributed by atoms with Crippen molar-refractivity contribution in [2.24, 2.45) is 5.92 Å². The Morgan fingerprint density at radius 1 is 1.08 bits per heavy atom. The van der Waals surface area contributed by atoms with Crippen molar-refractivity contribution in [2.45, 2.75) is 25.7 Å². The summed E-state index contributed by atoms with van der Waals surface area (Å²) in [5, 5.41) is 0. The van der Waals surface area contributed by atoms with Crippen molar-refractivity contribution in [3.05, 3.63) is 35.9 Å². The molecule has 1 aromatic carbocycles. The second-order valence-electron chi connectivity index (χ2n) is 3.76. The first kappa shape index (κ1) is 9.51. The Labute approximate surface area is 94.4 Å². The van der Waals surface area contributed by atoms with Crippen molar-refractivity contribution >= 4 is 3.26 Å². The van der Waals surface area contributed by atoms with E-state index in [-0.39, 0.29) is 0 Å². The van der Waals surface area contributed by atoms with Gasteiger partial charge in [-0.25, -0.2) is 0 Å². The molecule has 1 saturated carbocycles. The van der Waals surface area contributed by atoms with Crippen LogP contribution in [0, 0.1) is 5.92 Å². The van der Waals surface area contributed by atoms with Gasteiger partial charge in [-0.3, -0.25) is 0 Å². The van der Waals surface area contributed by atoms with Crippen molar-refractivity contribution in [3.8, 4) is 0 Å². The molecule has 0 aliphatic heterocycles. The predicted octanol–water partition coefficient (Wildman–Crippen LogP) is 2.94. The second kappa shape index (κ2) is 4.45. The third kappa shape index (κ3) is 2.25. The summed E-state index contributed by atoms with van der Waals surface area (Å²) in [6.45, 7) is 0. The summed E-state index contributed by atoms with van der Waals surface area (Å²) >= 11 is 1.24. The van der Waals surface area contributed by atoms with E-state index in [0.29, 0.717) is 0 Å². The van der Waals surface area contributed by atoms with Gasteiger partial charge in [-0.05, 0) is 0 Å². The molecular formula is C12H14Hf+2. The number of benzene rings is 1. The van der Waals surface area contributed by atoms with Gasteiger partial charge in [0.1, 0.15) is 0 Å². The Bertz CT molecular complexity index is 283. The maximum atomic E-state index is 2.26. The first-order valence-electron chi connectivity index (χ1n) is 5.02. The first-order valence-corrected chi connectivity index (χ1v) is 6.81. The molecule has 1 aromatic rings. The summed E-state index contributed by atoms with van der Waals surface area (Å²) in [6, 6.07) is 10.9. The standard InChI is InChI=1S/C12H14.Hf/c1-2-6-11(7-3-1)10-12-8-4-5-9-12;/h1-3,6-7,12H,4-5,8-9H2;/q;+2. The van der Waals surface area contributed by atoms with E-state index in [1.807, 2.05) is 0 Å². The van der Waals surface area contributed by atoms with E-state index in [9.17, 15) is 0 Å². The third-order valence-electron chi connectivity index (χ3n) is 2.85. The number of hydrogen-bond acceptors (Lipinski definition) is 0. The molecule has 13 heavy (non-hydrogen) atoms. The summed E-state index contributed by atoms with van der Waals surface area (Å²) < 4.78 is 1.73. The fourth-order valence-corrected chi connectivity index (χ4v) is 3.70. The number of hydrogen-bond donors (Lipinski definition) is 0. The molecule has 0 radical (unpaired) electrons. The average Bonchev–Trinajstić information content (AvgIpc) is 2.71. The monoisotopic (exact) mass is 338 g/mol. The summed E-state index contributed by atoms with van der Waals surface area (Å²) in [6.07, 6.45) is 5.77. The molecule has 0 amide bonds. The molecule has 0 spiro atoms. The molecule has 1 fully saturated rings. The molecular weight excluding hydrogens is 323 g/mol.